The number of hydrogen-bond acceptors (Lipinski definition) is 3. The summed E-state index contributed by atoms with van der Waals surface area (Å²) in [5.74, 6) is -0.970. The van der Waals surface area contributed by atoms with Crippen LogP contribution in [0.5, 0.6) is 0 Å². The average molecular weight is 355 g/mol. The number of carbonyl (C=O) groups is 2. The molecule has 0 bridgehead atoms. The van der Waals surface area contributed by atoms with Gasteiger partial charge in [0.2, 0.25) is 0 Å². The third kappa shape index (κ3) is 4.59. The molecule has 0 aliphatic carbocycles. The van der Waals surface area contributed by atoms with E-state index in [4.69, 9.17) is 5.73 Å². The number of anilines is 2. The van der Waals surface area contributed by atoms with Crippen LogP contribution in [0.1, 0.15) is 18.4 Å². The van der Waals surface area contributed by atoms with Crippen LogP contribution >= 0.6 is 0 Å². The largest absolute Gasteiger partial charge is 0.399 e. The molecule has 3 rings (SSSR count). The van der Waals surface area contributed by atoms with Crippen molar-refractivity contribution in [2.24, 2.45) is 5.92 Å². The quantitative estimate of drug-likeness (QED) is 0.657. The molecule has 0 radical (unpaired) electrons. The molecule has 26 heavy (non-hydrogen) atoms. The Balaban J connectivity index is 1.49. The third-order valence-corrected chi connectivity index (χ3v) is 4.68. The lowest BCUT2D eigenvalue weighted by Crippen LogP contribution is -2.44. The van der Waals surface area contributed by atoms with Gasteiger partial charge in [0.25, 0.3) is 0 Å². The van der Waals surface area contributed by atoms with E-state index in [9.17, 15) is 14.0 Å². The van der Waals surface area contributed by atoms with Crippen LogP contribution in [-0.4, -0.2) is 29.8 Å². The summed E-state index contributed by atoms with van der Waals surface area (Å²) in [6.45, 7) is 1.10. The summed E-state index contributed by atoms with van der Waals surface area (Å²) >= 11 is 0. The number of benzene rings is 2. The van der Waals surface area contributed by atoms with Gasteiger partial charge in [0.05, 0.1) is 0 Å². The number of rotatable bonds is 3. The van der Waals surface area contributed by atoms with Crippen molar-refractivity contribution in [1.82, 2.24) is 4.90 Å². The highest BCUT2D eigenvalue weighted by Crippen LogP contribution is 2.22. The van der Waals surface area contributed by atoms with Crippen LogP contribution in [0, 0.1) is 11.7 Å². The standard InChI is InChI=1S/C20H22FN3O2/c21-16-6-4-14(5-7-16)12-15-8-10-24(11-9-15)20(26)19(25)23-18-3-1-2-17(22)13-18/h1-7,13,15H,8-12,22H2,(H,23,25). The molecule has 2 amide bonds. The molecule has 6 heteroatoms. The van der Waals surface area contributed by atoms with Crippen molar-refractivity contribution < 1.29 is 14.0 Å². The fourth-order valence-corrected chi connectivity index (χ4v) is 3.24. The maximum atomic E-state index is 13.0. The van der Waals surface area contributed by atoms with Crippen LogP contribution in [-0.2, 0) is 16.0 Å². The van der Waals surface area contributed by atoms with Gasteiger partial charge >= 0.3 is 11.8 Å². The topological polar surface area (TPSA) is 75.4 Å². The molecule has 136 valence electrons. The summed E-state index contributed by atoms with van der Waals surface area (Å²) in [7, 11) is 0. The van der Waals surface area contributed by atoms with E-state index in [1.54, 1.807) is 41.3 Å². The van der Waals surface area contributed by atoms with Crippen molar-refractivity contribution >= 4 is 23.2 Å². The van der Waals surface area contributed by atoms with E-state index in [0.717, 1.165) is 24.8 Å². The maximum absolute atomic E-state index is 13.0. The lowest BCUT2D eigenvalue weighted by molar-refractivity contribution is -0.144. The Morgan fingerprint density at radius 1 is 1.12 bits per heavy atom. The van der Waals surface area contributed by atoms with Crippen LogP contribution in [0.3, 0.4) is 0 Å². The highest BCUT2D eigenvalue weighted by atomic mass is 19.1. The van der Waals surface area contributed by atoms with Gasteiger partial charge in [0.15, 0.2) is 0 Å². The van der Waals surface area contributed by atoms with Crippen molar-refractivity contribution in [3.05, 3.63) is 59.9 Å². The molecule has 3 N–H and O–H groups in total. The second-order valence-corrected chi connectivity index (χ2v) is 6.65. The van der Waals surface area contributed by atoms with E-state index in [1.165, 1.54) is 12.1 Å². The van der Waals surface area contributed by atoms with Crippen molar-refractivity contribution in [1.29, 1.82) is 0 Å². The highest BCUT2D eigenvalue weighted by Gasteiger charge is 2.27. The Morgan fingerprint density at radius 3 is 2.46 bits per heavy atom. The van der Waals surface area contributed by atoms with Gasteiger partial charge in [-0.05, 0) is 61.1 Å². The SMILES string of the molecule is Nc1cccc(NC(=O)C(=O)N2CCC(Cc3ccc(F)cc3)CC2)c1. The van der Waals surface area contributed by atoms with Gasteiger partial charge in [-0.3, -0.25) is 9.59 Å². The Labute approximate surface area is 152 Å². The van der Waals surface area contributed by atoms with E-state index in [2.05, 4.69) is 5.32 Å². The lowest BCUT2D eigenvalue weighted by Gasteiger charge is -2.31. The summed E-state index contributed by atoms with van der Waals surface area (Å²) in [4.78, 5) is 26.1. The smallest absolute Gasteiger partial charge is 0.313 e. The fraction of sp³-hybridized carbons (Fsp3) is 0.300. The summed E-state index contributed by atoms with van der Waals surface area (Å²) in [6.07, 6.45) is 2.52. The first-order chi connectivity index (χ1) is 12.5. The van der Waals surface area contributed by atoms with Crippen molar-refractivity contribution in [3.63, 3.8) is 0 Å². The average Bonchev–Trinajstić information content (AvgIpc) is 2.64. The zero-order chi connectivity index (χ0) is 18.5. The van der Waals surface area contributed by atoms with E-state index >= 15 is 0 Å². The molecule has 1 aliphatic rings. The molecule has 2 aromatic carbocycles. The highest BCUT2D eigenvalue weighted by molar-refractivity contribution is 6.39. The molecule has 0 aromatic heterocycles. The summed E-state index contributed by atoms with van der Waals surface area (Å²) < 4.78 is 13.0. The van der Waals surface area contributed by atoms with Gasteiger partial charge in [0.1, 0.15) is 5.82 Å². The molecular weight excluding hydrogens is 333 g/mol. The molecule has 1 fully saturated rings. The zero-order valence-corrected chi connectivity index (χ0v) is 14.5. The third-order valence-electron chi connectivity index (χ3n) is 4.68. The Hall–Kier alpha value is -2.89. The number of nitrogens with two attached hydrogens (primary N) is 1. The van der Waals surface area contributed by atoms with Gasteiger partial charge in [-0.25, -0.2) is 4.39 Å². The predicted octanol–water partition coefficient (Wildman–Crippen LogP) is 2.83. The molecule has 0 unspecified atom stereocenters. The summed E-state index contributed by atoms with van der Waals surface area (Å²) in [6, 6.07) is 13.3. The van der Waals surface area contributed by atoms with Crippen LogP contribution in [0.4, 0.5) is 15.8 Å². The van der Waals surface area contributed by atoms with Crippen LogP contribution in [0.25, 0.3) is 0 Å². The Morgan fingerprint density at radius 2 is 1.81 bits per heavy atom. The van der Waals surface area contributed by atoms with Gasteiger partial charge in [-0.2, -0.15) is 0 Å². The molecule has 0 atom stereocenters. The Kier molecular flexibility index (Phi) is 5.51. The Bertz CT molecular complexity index is 784. The number of amides is 2. The number of nitrogen functional groups attached to an aromatic ring is 1. The normalized spacial score (nSPS) is 14.9. The first-order valence-corrected chi connectivity index (χ1v) is 8.71. The monoisotopic (exact) mass is 355 g/mol. The molecule has 0 saturated carbocycles. The number of hydrogen-bond donors (Lipinski definition) is 2. The second-order valence-electron chi connectivity index (χ2n) is 6.65. The first-order valence-electron chi connectivity index (χ1n) is 8.71. The maximum Gasteiger partial charge on any atom is 0.313 e. The zero-order valence-electron chi connectivity index (χ0n) is 14.5. The molecule has 1 heterocycles. The number of halogens is 1. The van der Waals surface area contributed by atoms with E-state index in [-0.39, 0.29) is 5.82 Å². The van der Waals surface area contributed by atoms with Gasteiger partial charge in [-0.1, -0.05) is 18.2 Å². The minimum Gasteiger partial charge on any atom is -0.399 e. The van der Waals surface area contributed by atoms with Gasteiger partial charge < -0.3 is 16.0 Å². The number of likely N-dealkylation sites (tertiary alicyclic amines) is 1. The fourth-order valence-electron chi connectivity index (χ4n) is 3.24. The van der Waals surface area contributed by atoms with E-state index in [1.807, 2.05) is 0 Å². The summed E-state index contributed by atoms with van der Waals surface area (Å²) in [5.41, 5.74) is 7.80. The molecular formula is C20H22FN3O2. The number of nitrogens with one attached hydrogen (secondary N) is 1. The number of carbonyl (C=O) groups excluding carboxylic acids is 2. The number of nitrogens with zero attached hydrogens (tertiary/aromatic N) is 1. The van der Waals surface area contributed by atoms with E-state index in [0.29, 0.717) is 30.4 Å². The van der Waals surface area contributed by atoms with Crippen LogP contribution < -0.4 is 11.1 Å². The molecule has 1 aliphatic heterocycles. The molecule has 2 aromatic rings. The first kappa shape index (κ1) is 17.9. The number of piperidine rings is 1. The van der Waals surface area contributed by atoms with Crippen molar-refractivity contribution in [3.8, 4) is 0 Å². The predicted molar refractivity (Wildman–Crippen MR) is 98.9 cm³/mol. The summed E-state index contributed by atoms with van der Waals surface area (Å²) in [5, 5.41) is 2.59. The minimum atomic E-state index is -0.646. The van der Waals surface area contributed by atoms with Crippen molar-refractivity contribution in [2.45, 2.75) is 19.3 Å². The van der Waals surface area contributed by atoms with Crippen molar-refractivity contribution in [2.75, 3.05) is 24.1 Å². The van der Waals surface area contributed by atoms with E-state index < -0.39 is 11.8 Å². The molecule has 0 spiro atoms. The molecule has 5 nitrogen and oxygen atoms in total. The minimum absolute atomic E-state index is 0.236. The van der Waals surface area contributed by atoms with Crippen LogP contribution in [0.2, 0.25) is 0 Å². The van der Waals surface area contributed by atoms with Gasteiger partial charge in [0, 0.05) is 24.5 Å². The lowest BCUT2D eigenvalue weighted by atomic mass is 9.90. The molecule has 1 saturated heterocycles. The van der Waals surface area contributed by atoms with Crippen LogP contribution in [0.15, 0.2) is 48.5 Å². The second kappa shape index (κ2) is 7.99. The van der Waals surface area contributed by atoms with Gasteiger partial charge in [-0.15, -0.1) is 0 Å².